The first-order valence-electron chi connectivity index (χ1n) is 5.00. The van der Waals surface area contributed by atoms with Gasteiger partial charge in [-0.3, -0.25) is 0 Å². The van der Waals surface area contributed by atoms with E-state index in [2.05, 4.69) is 20.9 Å². The predicted molar refractivity (Wildman–Crippen MR) is 70.8 cm³/mol. The van der Waals surface area contributed by atoms with Crippen molar-refractivity contribution in [3.63, 3.8) is 0 Å². The van der Waals surface area contributed by atoms with Gasteiger partial charge in [0.15, 0.2) is 0 Å². The molecule has 0 spiro atoms. The van der Waals surface area contributed by atoms with Crippen LogP contribution in [0.5, 0.6) is 0 Å². The molecule has 0 aliphatic carbocycles. The van der Waals surface area contributed by atoms with Crippen LogP contribution in [0, 0.1) is 6.92 Å². The van der Waals surface area contributed by atoms with Gasteiger partial charge in [-0.05, 0) is 24.6 Å². The van der Waals surface area contributed by atoms with Crippen LogP contribution in [-0.4, -0.2) is 16.1 Å². The van der Waals surface area contributed by atoms with Crippen molar-refractivity contribution in [3.05, 3.63) is 49.9 Å². The Kier molecular flexibility index (Phi) is 3.59. The van der Waals surface area contributed by atoms with Crippen LogP contribution in [0.25, 0.3) is 0 Å². The number of aromatic nitrogens is 1. The zero-order valence-corrected chi connectivity index (χ0v) is 11.5. The Bertz CT molecular complexity index is 565. The summed E-state index contributed by atoms with van der Waals surface area (Å²) in [5.41, 5.74) is 1.95. The molecule has 0 amide bonds. The van der Waals surface area contributed by atoms with E-state index in [0.717, 1.165) is 20.6 Å². The van der Waals surface area contributed by atoms with Crippen molar-refractivity contribution < 1.29 is 9.90 Å². The summed E-state index contributed by atoms with van der Waals surface area (Å²) in [4.78, 5) is 15.9. The van der Waals surface area contributed by atoms with Crippen LogP contribution in [0.15, 0.2) is 28.7 Å². The summed E-state index contributed by atoms with van der Waals surface area (Å²) in [7, 11) is 0. The summed E-state index contributed by atoms with van der Waals surface area (Å²) >= 11 is 4.63. The average Bonchev–Trinajstić information content (AvgIpc) is 2.61. The summed E-state index contributed by atoms with van der Waals surface area (Å²) in [6.45, 7) is 1.90. The van der Waals surface area contributed by atoms with Crippen molar-refractivity contribution in [2.24, 2.45) is 0 Å². The fourth-order valence-electron chi connectivity index (χ4n) is 1.52. The number of hydrogen-bond acceptors (Lipinski definition) is 3. The summed E-state index contributed by atoms with van der Waals surface area (Å²) in [5, 5.41) is 9.03. The van der Waals surface area contributed by atoms with Gasteiger partial charge in [-0.15, -0.1) is 11.3 Å². The summed E-state index contributed by atoms with van der Waals surface area (Å²) < 4.78 is 1.02. The van der Waals surface area contributed by atoms with Crippen molar-refractivity contribution in [1.82, 2.24) is 4.98 Å². The number of halogens is 1. The zero-order chi connectivity index (χ0) is 12.4. The largest absolute Gasteiger partial charge is 0.476 e. The lowest BCUT2D eigenvalue weighted by atomic mass is 10.1. The number of carboxylic acid groups (broad SMARTS) is 1. The highest BCUT2D eigenvalue weighted by molar-refractivity contribution is 9.10. The molecule has 1 aromatic heterocycles. The molecule has 2 aromatic rings. The van der Waals surface area contributed by atoms with E-state index in [0.29, 0.717) is 6.42 Å². The Balaban J connectivity index is 2.27. The topological polar surface area (TPSA) is 50.2 Å². The summed E-state index contributed by atoms with van der Waals surface area (Å²) in [6.07, 6.45) is 0.662. The average molecular weight is 312 g/mol. The number of thiazole rings is 1. The Morgan fingerprint density at radius 2 is 2.29 bits per heavy atom. The first-order valence-corrected chi connectivity index (χ1v) is 6.61. The van der Waals surface area contributed by atoms with Crippen LogP contribution in [0.1, 0.15) is 25.9 Å². The number of benzene rings is 1. The maximum atomic E-state index is 10.8. The van der Waals surface area contributed by atoms with E-state index >= 15 is 0 Å². The molecule has 0 atom stereocenters. The second-order valence-corrected chi connectivity index (χ2v) is 5.75. The zero-order valence-electron chi connectivity index (χ0n) is 9.11. The monoisotopic (exact) mass is 311 g/mol. The van der Waals surface area contributed by atoms with Crippen molar-refractivity contribution in [2.45, 2.75) is 13.3 Å². The Morgan fingerprint density at radius 3 is 2.88 bits per heavy atom. The lowest BCUT2D eigenvalue weighted by molar-refractivity contribution is 0.0696. The highest BCUT2D eigenvalue weighted by Gasteiger charge is 2.13. The van der Waals surface area contributed by atoms with E-state index in [9.17, 15) is 4.79 Å². The quantitative estimate of drug-likeness (QED) is 0.943. The third-order valence-corrected chi connectivity index (χ3v) is 3.83. The van der Waals surface area contributed by atoms with Crippen LogP contribution in [0.2, 0.25) is 0 Å². The smallest absolute Gasteiger partial charge is 0.365 e. The lowest BCUT2D eigenvalue weighted by Gasteiger charge is -2.00. The minimum absolute atomic E-state index is 0.160. The third-order valence-electron chi connectivity index (χ3n) is 2.34. The van der Waals surface area contributed by atoms with E-state index in [1.165, 1.54) is 11.3 Å². The third kappa shape index (κ3) is 2.92. The molecular weight excluding hydrogens is 302 g/mol. The van der Waals surface area contributed by atoms with Crippen LogP contribution < -0.4 is 0 Å². The first kappa shape index (κ1) is 12.3. The van der Waals surface area contributed by atoms with Crippen molar-refractivity contribution in [2.75, 3.05) is 0 Å². The van der Waals surface area contributed by atoms with Crippen LogP contribution in [0.3, 0.4) is 0 Å². The van der Waals surface area contributed by atoms with Gasteiger partial charge in [-0.1, -0.05) is 28.1 Å². The molecule has 0 unspecified atom stereocenters. The van der Waals surface area contributed by atoms with Gasteiger partial charge in [0.25, 0.3) is 0 Å². The normalized spacial score (nSPS) is 10.5. The van der Waals surface area contributed by atoms with Crippen molar-refractivity contribution in [3.8, 4) is 0 Å². The number of nitrogens with zero attached hydrogens (tertiary/aromatic N) is 1. The fraction of sp³-hybridized carbons (Fsp3) is 0.167. The molecule has 0 saturated carbocycles. The summed E-state index contributed by atoms with van der Waals surface area (Å²) in [6, 6.07) is 7.93. The van der Waals surface area contributed by atoms with Crippen LogP contribution >= 0.6 is 27.3 Å². The second kappa shape index (κ2) is 4.98. The second-order valence-electron chi connectivity index (χ2n) is 3.63. The number of aromatic carboxylic acids is 1. The molecule has 1 N–H and O–H groups in total. The maximum Gasteiger partial charge on any atom is 0.365 e. The molecule has 2 rings (SSSR count). The van der Waals surface area contributed by atoms with Gasteiger partial charge in [0.05, 0.1) is 5.69 Å². The van der Waals surface area contributed by atoms with E-state index < -0.39 is 5.97 Å². The molecular formula is C12H10BrNO2S. The Morgan fingerprint density at radius 1 is 1.53 bits per heavy atom. The summed E-state index contributed by atoms with van der Waals surface area (Å²) in [5.74, 6) is -0.960. The number of rotatable bonds is 3. The highest BCUT2D eigenvalue weighted by atomic mass is 79.9. The predicted octanol–water partition coefficient (Wildman–Crippen LogP) is 3.50. The molecule has 5 heteroatoms. The fourth-order valence-corrected chi connectivity index (χ4v) is 2.74. The number of aryl methyl sites for hydroxylation is 1. The van der Waals surface area contributed by atoms with Gasteiger partial charge < -0.3 is 5.11 Å². The Labute approximate surface area is 111 Å². The van der Waals surface area contributed by atoms with Crippen LogP contribution in [-0.2, 0) is 6.42 Å². The first-order chi connectivity index (χ1) is 8.06. The van der Waals surface area contributed by atoms with Gasteiger partial charge in [-0.25, -0.2) is 9.78 Å². The van der Waals surface area contributed by atoms with Gasteiger partial charge in [0.2, 0.25) is 5.01 Å². The van der Waals surface area contributed by atoms with Gasteiger partial charge in [-0.2, -0.15) is 0 Å². The molecule has 0 bridgehead atoms. The van der Waals surface area contributed by atoms with Gasteiger partial charge in [0.1, 0.15) is 0 Å². The molecule has 0 fully saturated rings. The SMILES string of the molecule is Cc1sc(C(=O)O)nc1Cc1cccc(Br)c1. The number of carbonyl (C=O) groups is 1. The lowest BCUT2D eigenvalue weighted by Crippen LogP contribution is -1.96. The number of hydrogen-bond donors (Lipinski definition) is 1. The molecule has 0 saturated heterocycles. The highest BCUT2D eigenvalue weighted by Crippen LogP contribution is 2.21. The maximum absolute atomic E-state index is 10.8. The van der Waals surface area contributed by atoms with Crippen molar-refractivity contribution >= 4 is 33.2 Å². The van der Waals surface area contributed by atoms with Gasteiger partial charge >= 0.3 is 5.97 Å². The molecule has 1 aromatic carbocycles. The van der Waals surface area contributed by atoms with E-state index in [1.54, 1.807) is 0 Å². The Hall–Kier alpha value is -1.20. The van der Waals surface area contributed by atoms with Gasteiger partial charge in [0, 0.05) is 15.8 Å². The minimum atomic E-state index is -0.960. The molecule has 3 nitrogen and oxygen atoms in total. The molecule has 88 valence electrons. The van der Waals surface area contributed by atoms with E-state index in [4.69, 9.17) is 5.11 Å². The minimum Gasteiger partial charge on any atom is -0.476 e. The van der Waals surface area contributed by atoms with Crippen molar-refractivity contribution in [1.29, 1.82) is 0 Å². The molecule has 0 aliphatic rings. The molecule has 1 heterocycles. The molecule has 0 aliphatic heterocycles. The van der Waals surface area contributed by atoms with E-state index in [1.807, 2.05) is 31.2 Å². The molecule has 17 heavy (non-hydrogen) atoms. The van der Waals surface area contributed by atoms with E-state index in [-0.39, 0.29) is 5.01 Å². The number of carboxylic acids is 1. The molecule has 0 radical (unpaired) electrons. The standard InChI is InChI=1S/C12H10BrNO2S/c1-7-10(14-11(17-7)12(15)16)6-8-3-2-4-9(13)5-8/h2-5H,6H2,1H3,(H,15,16). The van der Waals surface area contributed by atoms with Crippen LogP contribution in [0.4, 0.5) is 0 Å².